The molecule has 0 spiro atoms. The molecule has 206 valence electrons. The van der Waals surface area contributed by atoms with Crippen molar-refractivity contribution in [2.45, 2.75) is 104 Å². The third kappa shape index (κ3) is 15.5. The van der Waals surface area contributed by atoms with Gasteiger partial charge in [-0.15, -0.1) is 0 Å². The average Bonchev–Trinajstić information content (AvgIpc) is 2.93. The Hall–Kier alpha value is -2.40. The minimum atomic E-state index is 0.601. The first kappa shape index (κ1) is 30.8. The summed E-state index contributed by atoms with van der Waals surface area (Å²) in [5.41, 5.74) is 0.962. The Kier molecular flexibility index (Phi) is 18.0. The van der Waals surface area contributed by atoms with Gasteiger partial charge in [0.1, 0.15) is 12.4 Å². The Labute approximate surface area is 226 Å². The molecule has 0 amide bonds. The maximum atomic E-state index is 5.83. The number of unbranched alkanes of at least 4 members (excludes halogenated alkanes) is 11. The third-order valence-corrected chi connectivity index (χ3v) is 6.32. The van der Waals surface area contributed by atoms with E-state index in [-0.39, 0.29) is 0 Å². The highest BCUT2D eigenvalue weighted by Crippen LogP contribution is 2.20. The van der Waals surface area contributed by atoms with E-state index >= 15 is 0 Å². The minimum Gasteiger partial charge on any atom is -0.490 e. The second-order valence-electron chi connectivity index (χ2n) is 9.69. The van der Waals surface area contributed by atoms with Crippen molar-refractivity contribution in [1.82, 2.24) is 9.97 Å². The van der Waals surface area contributed by atoms with Crippen molar-refractivity contribution in [3.05, 3.63) is 48.8 Å². The molecule has 0 bridgehead atoms. The third-order valence-electron chi connectivity index (χ3n) is 6.32. The minimum absolute atomic E-state index is 0.601. The smallest absolute Gasteiger partial charge is 0.159 e. The number of benzene rings is 1. The molecule has 5 heteroatoms. The van der Waals surface area contributed by atoms with Crippen molar-refractivity contribution < 1.29 is 14.2 Å². The highest BCUT2D eigenvalue weighted by Gasteiger charge is 2.03. The standard InChI is InChI=1S/C32H50N2O3/c1-3-5-7-9-10-11-12-13-14-16-25-36-30-21-19-29(20-22-30)32-33-27-31(28-34-32)37-26-18-17-24-35-23-15-8-6-4-2/h14,16,19-22,27-28H,3-13,15,17-18,23-26H2,1-2H3. The van der Waals surface area contributed by atoms with E-state index in [4.69, 9.17) is 14.2 Å². The Morgan fingerprint density at radius 2 is 1.19 bits per heavy atom. The highest BCUT2D eigenvalue weighted by atomic mass is 16.5. The molecular weight excluding hydrogens is 460 g/mol. The van der Waals surface area contributed by atoms with Crippen molar-refractivity contribution in [3.63, 3.8) is 0 Å². The lowest BCUT2D eigenvalue weighted by Crippen LogP contribution is -2.02. The summed E-state index contributed by atoms with van der Waals surface area (Å²) in [6, 6.07) is 7.93. The van der Waals surface area contributed by atoms with Gasteiger partial charge >= 0.3 is 0 Å². The van der Waals surface area contributed by atoms with Crippen molar-refractivity contribution >= 4 is 0 Å². The molecule has 0 radical (unpaired) electrons. The van der Waals surface area contributed by atoms with Gasteiger partial charge in [-0.3, -0.25) is 0 Å². The number of hydrogen-bond acceptors (Lipinski definition) is 5. The number of aromatic nitrogens is 2. The van der Waals surface area contributed by atoms with Crippen molar-refractivity contribution in [3.8, 4) is 22.9 Å². The summed E-state index contributed by atoms with van der Waals surface area (Å²) in [6.45, 7) is 7.43. The fourth-order valence-corrected chi connectivity index (χ4v) is 4.02. The lowest BCUT2D eigenvalue weighted by atomic mass is 10.1. The predicted octanol–water partition coefficient (Wildman–Crippen LogP) is 8.98. The summed E-state index contributed by atoms with van der Waals surface area (Å²) in [6.07, 6.45) is 25.4. The lowest BCUT2D eigenvalue weighted by molar-refractivity contribution is 0.122. The SMILES string of the molecule is CCCCCCCCCC=CCOc1ccc(-c2ncc(OCCCCOCCCCCC)cn2)cc1. The van der Waals surface area contributed by atoms with E-state index in [9.17, 15) is 0 Å². The molecule has 0 saturated carbocycles. The van der Waals surface area contributed by atoms with Gasteiger partial charge in [0.2, 0.25) is 0 Å². The van der Waals surface area contributed by atoms with Crippen LogP contribution in [-0.4, -0.2) is 36.4 Å². The lowest BCUT2D eigenvalue weighted by Gasteiger charge is -2.08. The number of allylic oxidation sites excluding steroid dienone is 1. The first-order valence-corrected chi connectivity index (χ1v) is 14.7. The van der Waals surface area contributed by atoms with Gasteiger partial charge < -0.3 is 14.2 Å². The van der Waals surface area contributed by atoms with Crippen LogP contribution >= 0.6 is 0 Å². The second kappa shape index (κ2) is 21.7. The molecule has 1 aromatic carbocycles. The molecule has 0 aliphatic rings. The summed E-state index contributed by atoms with van der Waals surface area (Å²) in [7, 11) is 0. The van der Waals surface area contributed by atoms with Crippen LogP contribution in [0.1, 0.15) is 104 Å². The molecule has 0 aliphatic heterocycles. The monoisotopic (exact) mass is 510 g/mol. The van der Waals surface area contributed by atoms with Gasteiger partial charge in [-0.25, -0.2) is 9.97 Å². The largest absolute Gasteiger partial charge is 0.490 e. The molecule has 0 aliphatic carbocycles. The summed E-state index contributed by atoms with van der Waals surface area (Å²) in [5.74, 6) is 2.24. The van der Waals surface area contributed by atoms with Crippen LogP contribution in [0.5, 0.6) is 11.5 Å². The van der Waals surface area contributed by atoms with Gasteiger partial charge in [-0.1, -0.05) is 83.8 Å². The van der Waals surface area contributed by atoms with Crippen molar-refractivity contribution in [2.75, 3.05) is 26.4 Å². The van der Waals surface area contributed by atoms with Crippen LogP contribution in [0.15, 0.2) is 48.8 Å². The summed E-state index contributed by atoms with van der Waals surface area (Å²) < 4.78 is 17.3. The summed E-state index contributed by atoms with van der Waals surface area (Å²) in [4.78, 5) is 8.92. The summed E-state index contributed by atoms with van der Waals surface area (Å²) in [5, 5.41) is 0. The molecule has 0 fully saturated rings. The maximum Gasteiger partial charge on any atom is 0.159 e. The zero-order chi connectivity index (χ0) is 26.2. The van der Waals surface area contributed by atoms with Crippen LogP contribution in [0, 0.1) is 0 Å². The fourth-order valence-electron chi connectivity index (χ4n) is 4.02. The number of ether oxygens (including phenoxy) is 3. The van der Waals surface area contributed by atoms with Gasteiger partial charge in [0.25, 0.3) is 0 Å². The van der Waals surface area contributed by atoms with E-state index in [1.165, 1.54) is 70.6 Å². The maximum absolute atomic E-state index is 5.83. The van der Waals surface area contributed by atoms with Gasteiger partial charge in [0, 0.05) is 18.8 Å². The zero-order valence-corrected chi connectivity index (χ0v) is 23.5. The van der Waals surface area contributed by atoms with Crippen molar-refractivity contribution in [2.24, 2.45) is 0 Å². The quantitative estimate of drug-likeness (QED) is 0.110. The Morgan fingerprint density at radius 3 is 1.89 bits per heavy atom. The molecule has 2 rings (SSSR count). The van der Waals surface area contributed by atoms with E-state index in [0.29, 0.717) is 24.8 Å². The van der Waals surface area contributed by atoms with Gasteiger partial charge in [-0.2, -0.15) is 0 Å². The van der Waals surface area contributed by atoms with Crippen LogP contribution < -0.4 is 9.47 Å². The molecule has 0 atom stereocenters. The van der Waals surface area contributed by atoms with Crippen LogP contribution in [0.3, 0.4) is 0 Å². The van der Waals surface area contributed by atoms with E-state index < -0.39 is 0 Å². The topological polar surface area (TPSA) is 53.5 Å². The van der Waals surface area contributed by atoms with Crippen LogP contribution in [0.2, 0.25) is 0 Å². The van der Waals surface area contributed by atoms with Crippen LogP contribution in [-0.2, 0) is 4.74 Å². The van der Waals surface area contributed by atoms with E-state index in [2.05, 4.69) is 36.0 Å². The molecule has 0 N–H and O–H groups in total. The normalized spacial score (nSPS) is 11.3. The van der Waals surface area contributed by atoms with E-state index in [0.717, 1.165) is 43.8 Å². The number of rotatable bonds is 23. The summed E-state index contributed by atoms with van der Waals surface area (Å²) >= 11 is 0. The Morgan fingerprint density at radius 1 is 0.595 bits per heavy atom. The molecule has 2 aromatic rings. The molecular formula is C32H50N2O3. The van der Waals surface area contributed by atoms with Crippen molar-refractivity contribution in [1.29, 1.82) is 0 Å². The molecule has 1 heterocycles. The molecule has 0 unspecified atom stereocenters. The van der Waals surface area contributed by atoms with Gasteiger partial charge in [-0.05, 0) is 56.4 Å². The van der Waals surface area contributed by atoms with Gasteiger partial charge in [0.15, 0.2) is 11.6 Å². The van der Waals surface area contributed by atoms with Crippen LogP contribution in [0.4, 0.5) is 0 Å². The Bertz CT molecular complexity index is 806. The molecule has 37 heavy (non-hydrogen) atoms. The first-order valence-electron chi connectivity index (χ1n) is 14.7. The second-order valence-corrected chi connectivity index (χ2v) is 9.69. The van der Waals surface area contributed by atoms with Gasteiger partial charge in [0.05, 0.1) is 19.0 Å². The predicted molar refractivity (Wildman–Crippen MR) is 154 cm³/mol. The van der Waals surface area contributed by atoms with E-state index in [1.807, 2.05) is 24.3 Å². The fraction of sp³-hybridized carbons (Fsp3) is 0.625. The molecule has 5 nitrogen and oxygen atoms in total. The first-order chi connectivity index (χ1) is 18.3. The number of nitrogens with zero attached hydrogens (tertiary/aromatic N) is 2. The van der Waals surface area contributed by atoms with Crippen LogP contribution in [0.25, 0.3) is 11.4 Å². The molecule has 0 saturated heterocycles. The molecule has 1 aromatic heterocycles. The zero-order valence-electron chi connectivity index (χ0n) is 23.5. The average molecular weight is 511 g/mol. The highest BCUT2D eigenvalue weighted by molar-refractivity contribution is 5.56. The van der Waals surface area contributed by atoms with E-state index in [1.54, 1.807) is 12.4 Å². The number of hydrogen-bond donors (Lipinski definition) is 0. The Balaban J connectivity index is 1.55.